The first-order chi connectivity index (χ1) is 17.1. The number of hydrogen-bond acceptors (Lipinski definition) is 8. The Bertz CT molecular complexity index is 1170. The highest BCUT2D eigenvalue weighted by atomic mass is 16.8. The molecule has 0 spiro atoms. The molecular weight excluding hydrogens is 464 g/mol. The third kappa shape index (κ3) is 5.40. The molecule has 3 heterocycles. The Hall–Kier alpha value is -2.94. The van der Waals surface area contributed by atoms with Crippen LogP contribution in [0.5, 0.6) is 5.75 Å². The molecule has 0 N–H and O–H groups in total. The van der Waals surface area contributed by atoms with E-state index in [1.807, 2.05) is 39.8 Å². The van der Waals surface area contributed by atoms with Crippen LogP contribution in [0.1, 0.15) is 67.5 Å². The van der Waals surface area contributed by atoms with Crippen molar-refractivity contribution in [1.29, 1.82) is 0 Å². The number of esters is 1. The van der Waals surface area contributed by atoms with Crippen LogP contribution in [0.25, 0.3) is 17.0 Å². The van der Waals surface area contributed by atoms with Crippen molar-refractivity contribution >= 4 is 29.3 Å². The summed E-state index contributed by atoms with van der Waals surface area (Å²) in [5.74, 6) is -0.796. The van der Waals surface area contributed by atoms with E-state index in [2.05, 4.69) is 19.1 Å². The summed E-state index contributed by atoms with van der Waals surface area (Å²) in [4.78, 5) is 25.0. The molecular formula is C28H34O8. The van der Waals surface area contributed by atoms with Crippen molar-refractivity contribution in [1.82, 2.24) is 0 Å². The number of methoxy groups -OCH3 is 1. The molecule has 0 amide bonds. The zero-order valence-electron chi connectivity index (χ0n) is 21.6. The normalized spacial score (nSPS) is 28.3. The number of carbonyl (C=O) groups is 2. The summed E-state index contributed by atoms with van der Waals surface area (Å²) in [5.41, 5.74) is 1.19. The van der Waals surface area contributed by atoms with Crippen LogP contribution in [-0.2, 0) is 18.9 Å². The zero-order valence-corrected chi connectivity index (χ0v) is 21.6. The molecule has 4 rings (SSSR count). The largest absolute Gasteiger partial charge is 0.466 e. The summed E-state index contributed by atoms with van der Waals surface area (Å²) in [5, 5.41) is 0.603. The van der Waals surface area contributed by atoms with E-state index in [4.69, 9.17) is 28.1 Å². The lowest BCUT2D eigenvalue weighted by Gasteiger charge is -2.23. The fourth-order valence-electron chi connectivity index (χ4n) is 4.64. The van der Waals surface area contributed by atoms with Crippen LogP contribution in [0.2, 0.25) is 0 Å². The maximum Gasteiger partial charge on any atom is 0.342 e. The van der Waals surface area contributed by atoms with Gasteiger partial charge in [-0.25, -0.2) is 4.79 Å². The van der Waals surface area contributed by atoms with Crippen LogP contribution in [0, 0.1) is 11.8 Å². The minimum Gasteiger partial charge on any atom is -0.466 e. The first-order valence-corrected chi connectivity index (χ1v) is 12.2. The van der Waals surface area contributed by atoms with Gasteiger partial charge in [-0.2, -0.15) is 0 Å². The molecule has 1 aromatic heterocycles. The Labute approximate surface area is 211 Å². The first kappa shape index (κ1) is 26.1. The molecule has 1 saturated heterocycles. The number of hydrogen-bond donors (Lipinski definition) is 0. The van der Waals surface area contributed by atoms with Gasteiger partial charge in [0.05, 0.1) is 12.2 Å². The zero-order chi connectivity index (χ0) is 26.0. The van der Waals surface area contributed by atoms with E-state index in [1.165, 1.54) is 7.11 Å². The topological polar surface area (TPSA) is 93.4 Å². The van der Waals surface area contributed by atoms with Crippen LogP contribution in [0.3, 0.4) is 0 Å². The lowest BCUT2D eigenvalue weighted by atomic mass is 9.94. The number of ether oxygens (including phenoxy) is 5. The van der Waals surface area contributed by atoms with Crippen molar-refractivity contribution in [2.75, 3.05) is 13.9 Å². The van der Waals surface area contributed by atoms with Crippen molar-refractivity contribution in [3.63, 3.8) is 0 Å². The quantitative estimate of drug-likeness (QED) is 0.235. The fraction of sp³-hybridized carbons (Fsp3) is 0.500. The minimum absolute atomic E-state index is 0.0465. The molecule has 1 aromatic carbocycles. The third-order valence-corrected chi connectivity index (χ3v) is 6.64. The Balaban J connectivity index is 1.87. The molecule has 8 nitrogen and oxygen atoms in total. The second-order valence-electron chi connectivity index (χ2n) is 9.88. The van der Waals surface area contributed by atoms with E-state index in [-0.39, 0.29) is 47.9 Å². The number of carbonyl (C=O) groups excluding carboxylic acids is 2. The Morgan fingerprint density at radius 3 is 2.58 bits per heavy atom. The molecule has 1 fully saturated rings. The van der Waals surface area contributed by atoms with Crippen molar-refractivity contribution < 1.29 is 37.7 Å². The van der Waals surface area contributed by atoms with Gasteiger partial charge in [-0.3, -0.25) is 4.79 Å². The summed E-state index contributed by atoms with van der Waals surface area (Å²) >= 11 is 0. The lowest BCUT2D eigenvalue weighted by Crippen LogP contribution is -2.29. The molecule has 8 heteroatoms. The van der Waals surface area contributed by atoms with Gasteiger partial charge in [0.15, 0.2) is 24.6 Å². The van der Waals surface area contributed by atoms with Crippen LogP contribution in [-0.4, -0.2) is 50.3 Å². The Morgan fingerprint density at radius 1 is 1.11 bits per heavy atom. The molecule has 0 radical (unpaired) electrons. The van der Waals surface area contributed by atoms with Gasteiger partial charge in [0.2, 0.25) is 0 Å². The number of benzene rings is 1. The van der Waals surface area contributed by atoms with Gasteiger partial charge >= 0.3 is 5.97 Å². The molecule has 0 bridgehead atoms. The van der Waals surface area contributed by atoms with E-state index < -0.39 is 17.9 Å². The van der Waals surface area contributed by atoms with Crippen molar-refractivity contribution in [2.45, 2.75) is 65.1 Å². The van der Waals surface area contributed by atoms with E-state index in [0.717, 1.165) is 0 Å². The van der Waals surface area contributed by atoms with Crippen LogP contribution >= 0.6 is 0 Å². The number of cyclic esters (lactones) is 1. The molecule has 36 heavy (non-hydrogen) atoms. The average molecular weight is 499 g/mol. The van der Waals surface area contributed by atoms with Gasteiger partial charge < -0.3 is 28.1 Å². The second-order valence-corrected chi connectivity index (χ2v) is 9.88. The molecule has 0 saturated carbocycles. The predicted octanol–water partition coefficient (Wildman–Crippen LogP) is 5.54. The van der Waals surface area contributed by atoms with Crippen LogP contribution in [0.15, 0.2) is 34.8 Å². The van der Waals surface area contributed by atoms with Gasteiger partial charge in [-0.1, -0.05) is 38.2 Å². The summed E-state index contributed by atoms with van der Waals surface area (Å²) < 4.78 is 34.9. The summed E-state index contributed by atoms with van der Waals surface area (Å²) in [7, 11) is 1.49. The monoisotopic (exact) mass is 498 g/mol. The molecule has 0 aliphatic carbocycles. The first-order valence-electron chi connectivity index (χ1n) is 12.2. The molecule has 1 unspecified atom stereocenters. The molecule has 2 aliphatic heterocycles. The lowest BCUT2D eigenvalue weighted by molar-refractivity contribution is -0.148. The molecule has 2 aliphatic rings. The SMILES string of the molecule is COCOc1cc2oc(C=O)cc2c2c1C(=O)O[C@@H](C)[C@H](C)C=CC(C)[C@H]1OC(C)(C)O[C@H]1CC=C2. The molecule has 194 valence electrons. The van der Waals surface area contributed by atoms with Gasteiger partial charge in [0.1, 0.15) is 23.0 Å². The van der Waals surface area contributed by atoms with E-state index in [0.29, 0.717) is 29.2 Å². The summed E-state index contributed by atoms with van der Waals surface area (Å²) in [6.45, 7) is 9.71. The standard InChI is InChI=1S/C28H34O8/c1-16-10-11-17(2)26-22(35-28(4,5)36-26)9-7-8-20-21-12-19(14-29)34-23(21)13-24(32-15-31-6)25(20)27(30)33-18(16)3/h7-8,10-14,16-18,22,26H,9,15H2,1-6H3/t16-,17?,18+,22+,26-/m1/s1. The third-order valence-electron chi connectivity index (χ3n) is 6.64. The molecule has 2 aromatic rings. The maximum absolute atomic E-state index is 13.5. The van der Waals surface area contributed by atoms with Gasteiger partial charge in [0, 0.05) is 36.0 Å². The van der Waals surface area contributed by atoms with Gasteiger partial charge in [0.25, 0.3) is 0 Å². The highest BCUT2D eigenvalue weighted by Gasteiger charge is 2.42. The average Bonchev–Trinajstić information content (AvgIpc) is 3.39. The van der Waals surface area contributed by atoms with Gasteiger partial charge in [-0.05, 0) is 33.3 Å². The summed E-state index contributed by atoms with van der Waals surface area (Å²) in [6, 6.07) is 3.19. The number of aldehydes is 1. The maximum atomic E-state index is 13.5. The van der Waals surface area contributed by atoms with Crippen molar-refractivity contribution in [3.05, 3.63) is 47.2 Å². The summed E-state index contributed by atoms with van der Waals surface area (Å²) in [6.07, 6.45) is 8.37. The van der Waals surface area contributed by atoms with Gasteiger partial charge in [-0.15, -0.1) is 0 Å². The Kier molecular flexibility index (Phi) is 7.68. The van der Waals surface area contributed by atoms with E-state index in [1.54, 1.807) is 12.1 Å². The number of fused-ring (bicyclic) bond motifs is 4. The number of rotatable bonds is 4. The highest BCUT2D eigenvalue weighted by Crippen LogP contribution is 2.38. The Morgan fingerprint density at radius 2 is 1.86 bits per heavy atom. The highest BCUT2D eigenvalue weighted by molar-refractivity contribution is 6.05. The van der Waals surface area contributed by atoms with E-state index >= 15 is 0 Å². The van der Waals surface area contributed by atoms with Crippen LogP contribution in [0.4, 0.5) is 0 Å². The smallest absolute Gasteiger partial charge is 0.342 e. The van der Waals surface area contributed by atoms with Crippen molar-refractivity contribution in [3.8, 4) is 5.75 Å². The molecule has 5 atom stereocenters. The number of furan rings is 1. The minimum atomic E-state index is -0.701. The fourth-order valence-corrected chi connectivity index (χ4v) is 4.64. The van der Waals surface area contributed by atoms with Crippen LogP contribution < -0.4 is 4.74 Å². The second kappa shape index (κ2) is 10.6. The van der Waals surface area contributed by atoms with Crippen molar-refractivity contribution in [2.24, 2.45) is 11.8 Å². The van der Waals surface area contributed by atoms with E-state index in [9.17, 15) is 9.59 Å². The predicted molar refractivity (Wildman–Crippen MR) is 134 cm³/mol.